The number of pyridine rings is 1. The molecule has 0 bridgehead atoms. The number of hydrogen-bond donors (Lipinski definition) is 1. The van der Waals surface area contributed by atoms with E-state index in [1.807, 2.05) is 32.4 Å². The SMILES string of the molecule is CNCc1cncc(-c2ccc(OC)c(C)c2)c1. The van der Waals surface area contributed by atoms with Crippen molar-refractivity contribution in [3.63, 3.8) is 0 Å². The summed E-state index contributed by atoms with van der Waals surface area (Å²) in [6.07, 6.45) is 3.77. The zero-order valence-corrected chi connectivity index (χ0v) is 11.0. The van der Waals surface area contributed by atoms with Gasteiger partial charge in [0.25, 0.3) is 0 Å². The zero-order valence-electron chi connectivity index (χ0n) is 11.0. The Morgan fingerprint density at radius 2 is 2.00 bits per heavy atom. The van der Waals surface area contributed by atoms with Gasteiger partial charge in [0.2, 0.25) is 0 Å². The second-order valence-electron chi connectivity index (χ2n) is 4.30. The van der Waals surface area contributed by atoms with Gasteiger partial charge in [-0.3, -0.25) is 4.98 Å². The molecule has 1 heterocycles. The first-order valence-electron chi connectivity index (χ1n) is 5.98. The Balaban J connectivity index is 2.36. The lowest BCUT2D eigenvalue weighted by Gasteiger charge is -2.08. The maximum absolute atomic E-state index is 5.27. The molecule has 1 N–H and O–H groups in total. The minimum Gasteiger partial charge on any atom is -0.496 e. The van der Waals surface area contributed by atoms with Crippen molar-refractivity contribution >= 4 is 0 Å². The van der Waals surface area contributed by atoms with Crippen LogP contribution in [0.1, 0.15) is 11.1 Å². The average molecular weight is 242 g/mol. The molecule has 1 aromatic heterocycles. The van der Waals surface area contributed by atoms with E-state index in [0.717, 1.165) is 23.4 Å². The fourth-order valence-corrected chi connectivity index (χ4v) is 2.00. The highest BCUT2D eigenvalue weighted by atomic mass is 16.5. The van der Waals surface area contributed by atoms with Crippen LogP contribution in [0.3, 0.4) is 0 Å². The molecule has 3 nitrogen and oxygen atoms in total. The molecule has 0 spiro atoms. The Hall–Kier alpha value is -1.87. The third-order valence-electron chi connectivity index (χ3n) is 2.90. The molecule has 0 amide bonds. The monoisotopic (exact) mass is 242 g/mol. The highest BCUT2D eigenvalue weighted by Crippen LogP contribution is 2.25. The predicted octanol–water partition coefficient (Wildman–Crippen LogP) is 2.79. The summed E-state index contributed by atoms with van der Waals surface area (Å²) < 4.78 is 5.27. The molecule has 0 fully saturated rings. The van der Waals surface area contributed by atoms with Gasteiger partial charge in [0, 0.05) is 24.5 Å². The number of nitrogens with one attached hydrogen (secondary N) is 1. The van der Waals surface area contributed by atoms with E-state index in [1.165, 1.54) is 11.1 Å². The van der Waals surface area contributed by atoms with Gasteiger partial charge in [0.15, 0.2) is 0 Å². The molecular formula is C15H18N2O. The molecule has 0 unspecified atom stereocenters. The molecule has 3 heteroatoms. The molecule has 0 atom stereocenters. The fraction of sp³-hybridized carbons (Fsp3) is 0.267. The summed E-state index contributed by atoms with van der Waals surface area (Å²) in [6.45, 7) is 2.88. The minimum absolute atomic E-state index is 0.829. The Bertz CT molecular complexity index is 538. The molecule has 0 saturated carbocycles. The topological polar surface area (TPSA) is 34.2 Å². The van der Waals surface area contributed by atoms with E-state index in [4.69, 9.17) is 4.74 Å². The van der Waals surface area contributed by atoms with Crippen LogP contribution in [-0.2, 0) is 6.54 Å². The first kappa shape index (κ1) is 12.6. The molecule has 0 aliphatic rings. The van der Waals surface area contributed by atoms with E-state index in [9.17, 15) is 0 Å². The van der Waals surface area contributed by atoms with Crippen LogP contribution in [-0.4, -0.2) is 19.1 Å². The van der Waals surface area contributed by atoms with Crippen molar-refractivity contribution in [3.8, 4) is 16.9 Å². The number of ether oxygens (including phenoxy) is 1. The van der Waals surface area contributed by atoms with Crippen LogP contribution in [0.25, 0.3) is 11.1 Å². The standard InChI is InChI=1S/C15H18N2O/c1-11-6-13(4-5-15(11)18-3)14-7-12(8-16-2)9-17-10-14/h4-7,9-10,16H,8H2,1-3H3. The first-order valence-corrected chi connectivity index (χ1v) is 5.98. The van der Waals surface area contributed by atoms with Crippen molar-refractivity contribution in [3.05, 3.63) is 47.8 Å². The lowest BCUT2D eigenvalue weighted by atomic mass is 10.0. The van der Waals surface area contributed by atoms with Gasteiger partial charge in [-0.25, -0.2) is 0 Å². The van der Waals surface area contributed by atoms with E-state index in [1.54, 1.807) is 7.11 Å². The van der Waals surface area contributed by atoms with Gasteiger partial charge in [0.05, 0.1) is 7.11 Å². The maximum atomic E-state index is 5.27. The summed E-state index contributed by atoms with van der Waals surface area (Å²) in [5.41, 5.74) is 4.62. The Kier molecular flexibility index (Phi) is 3.95. The number of aryl methyl sites for hydroxylation is 1. The van der Waals surface area contributed by atoms with Gasteiger partial charge >= 0.3 is 0 Å². The van der Waals surface area contributed by atoms with Crippen LogP contribution in [0.4, 0.5) is 0 Å². The van der Waals surface area contributed by atoms with Gasteiger partial charge < -0.3 is 10.1 Å². The number of methoxy groups -OCH3 is 1. The Morgan fingerprint density at radius 1 is 1.17 bits per heavy atom. The number of aromatic nitrogens is 1. The normalized spacial score (nSPS) is 10.4. The molecule has 0 radical (unpaired) electrons. The summed E-state index contributed by atoms with van der Waals surface area (Å²) in [5, 5.41) is 3.13. The van der Waals surface area contributed by atoms with Gasteiger partial charge in [-0.1, -0.05) is 6.07 Å². The molecule has 18 heavy (non-hydrogen) atoms. The van der Waals surface area contributed by atoms with Crippen LogP contribution in [0.15, 0.2) is 36.7 Å². The van der Waals surface area contributed by atoms with Crippen molar-refractivity contribution in [2.45, 2.75) is 13.5 Å². The number of hydrogen-bond acceptors (Lipinski definition) is 3. The van der Waals surface area contributed by atoms with Crippen LogP contribution in [0.2, 0.25) is 0 Å². The van der Waals surface area contributed by atoms with E-state index in [-0.39, 0.29) is 0 Å². The molecule has 0 saturated heterocycles. The van der Waals surface area contributed by atoms with Gasteiger partial charge in [-0.2, -0.15) is 0 Å². The van der Waals surface area contributed by atoms with Gasteiger partial charge in [-0.15, -0.1) is 0 Å². The molecule has 94 valence electrons. The predicted molar refractivity (Wildman–Crippen MR) is 73.7 cm³/mol. The largest absolute Gasteiger partial charge is 0.496 e. The van der Waals surface area contributed by atoms with Crippen molar-refractivity contribution in [2.75, 3.05) is 14.2 Å². The fourth-order valence-electron chi connectivity index (χ4n) is 2.00. The van der Waals surface area contributed by atoms with E-state index in [0.29, 0.717) is 0 Å². The Morgan fingerprint density at radius 3 is 2.67 bits per heavy atom. The van der Waals surface area contributed by atoms with Gasteiger partial charge in [0.1, 0.15) is 5.75 Å². The summed E-state index contributed by atoms with van der Waals surface area (Å²) in [4.78, 5) is 4.28. The second kappa shape index (κ2) is 5.65. The molecule has 2 aromatic rings. The lowest BCUT2D eigenvalue weighted by Crippen LogP contribution is -2.05. The maximum Gasteiger partial charge on any atom is 0.121 e. The van der Waals surface area contributed by atoms with Crippen molar-refractivity contribution in [2.24, 2.45) is 0 Å². The molecule has 2 rings (SSSR count). The lowest BCUT2D eigenvalue weighted by molar-refractivity contribution is 0.412. The number of benzene rings is 1. The smallest absolute Gasteiger partial charge is 0.121 e. The highest BCUT2D eigenvalue weighted by Gasteiger charge is 2.03. The quantitative estimate of drug-likeness (QED) is 0.895. The van der Waals surface area contributed by atoms with Crippen LogP contribution in [0, 0.1) is 6.92 Å². The van der Waals surface area contributed by atoms with Crippen molar-refractivity contribution in [1.29, 1.82) is 0 Å². The molecule has 0 aliphatic carbocycles. The van der Waals surface area contributed by atoms with E-state index >= 15 is 0 Å². The van der Waals surface area contributed by atoms with Crippen molar-refractivity contribution < 1.29 is 4.74 Å². The summed E-state index contributed by atoms with van der Waals surface area (Å²) in [7, 11) is 3.63. The minimum atomic E-state index is 0.829. The van der Waals surface area contributed by atoms with Crippen molar-refractivity contribution in [1.82, 2.24) is 10.3 Å². The number of rotatable bonds is 4. The molecule has 1 aromatic carbocycles. The summed E-state index contributed by atoms with van der Waals surface area (Å²) >= 11 is 0. The third kappa shape index (κ3) is 2.68. The summed E-state index contributed by atoms with van der Waals surface area (Å²) in [5.74, 6) is 0.915. The molecule has 0 aliphatic heterocycles. The average Bonchev–Trinajstić information content (AvgIpc) is 2.39. The van der Waals surface area contributed by atoms with E-state index < -0.39 is 0 Å². The highest BCUT2D eigenvalue weighted by molar-refractivity contribution is 5.65. The molecular weight excluding hydrogens is 224 g/mol. The van der Waals surface area contributed by atoms with Crippen LogP contribution >= 0.6 is 0 Å². The van der Waals surface area contributed by atoms with Crippen LogP contribution < -0.4 is 10.1 Å². The zero-order chi connectivity index (χ0) is 13.0. The first-order chi connectivity index (χ1) is 8.74. The number of nitrogens with zero attached hydrogens (tertiary/aromatic N) is 1. The Labute approximate surface area is 108 Å². The van der Waals surface area contributed by atoms with E-state index in [2.05, 4.69) is 28.5 Å². The third-order valence-corrected chi connectivity index (χ3v) is 2.90. The van der Waals surface area contributed by atoms with Crippen LogP contribution in [0.5, 0.6) is 5.75 Å². The second-order valence-corrected chi connectivity index (χ2v) is 4.30. The summed E-state index contributed by atoms with van der Waals surface area (Å²) in [6, 6.07) is 8.34. The van der Waals surface area contributed by atoms with Gasteiger partial charge in [-0.05, 0) is 48.9 Å².